The van der Waals surface area contributed by atoms with Crippen LogP contribution in [0.2, 0.25) is 0 Å². The molecule has 1 aliphatic rings. The molecule has 0 radical (unpaired) electrons. The van der Waals surface area contributed by atoms with Crippen LogP contribution in [0.15, 0.2) is 59.5 Å². The van der Waals surface area contributed by atoms with Crippen molar-refractivity contribution in [1.29, 1.82) is 0 Å². The first-order valence-corrected chi connectivity index (χ1v) is 11.5. The molecule has 0 aromatic heterocycles. The number of anilines is 1. The highest BCUT2D eigenvalue weighted by atomic mass is 32.2. The molecule has 2 aromatic carbocycles. The lowest BCUT2D eigenvalue weighted by Gasteiger charge is -2.26. The number of halogens is 3. The first-order valence-electron chi connectivity index (χ1n) is 10.1. The van der Waals surface area contributed by atoms with E-state index >= 15 is 0 Å². The molecular weight excluding hydrogens is 477 g/mol. The Labute approximate surface area is 194 Å². The van der Waals surface area contributed by atoms with Gasteiger partial charge in [0.2, 0.25) is 10.0 Å². The third-order valence-electron chi connectivity index (χ3n) is 4.74. The molecule has 182 valence electrons. The molecule has 1 fully saturated rings. The molecule has 3 rings (SSSR count). The van der Waals surface area contributed by atoms with Gasteiger partial charge in [-0.1, -0.05) is 12.1 Å². The van der Waals surface area contributed by atoms with Gasteiger partial charge in [0, 0.05) is 24.9 Å². The molecule has 12 heteroatoms. The van der Waals surface area contributed by atoms with E-state index in [1.54, 1.807) is 0 Å². The van der Waals surface area contributed by atoms with Crippen LogP contribution >= 0.6 is 0 Å². The summed E-state index contributed by atoms with van der Waals surface area (Å²) in [7, 11) is -3.63. The lowest BCUT2D eigenvalue weighted by atomic mass is 10.2. The van der Waals surface area contributed by atoms with Gasteiger partial charge >= 0.3 is 12.1 Å². The topological polar surface area (TPSA) is 102 Å². The van der Waals surface area contributed by atoms with Crippen molar-refractivity contribution in [3.05, 3.63) is 65.7 Å². The van der Waals surface area contributed by atoms with Crippen LogP contribution in [0.1, 0.15) is 11.1 Å². The number of sulfonamides is 1. The molecule has 0 saturated carbocycles. The Morgan fingerprint density at radius 1 is 1.03 bits per heavy atom. The van der Waals surface area contributed by atoms with Crippen LogP contribution in [0, 0.1) is 0 Å². The number of carbonyl (C=O) groups is 2. The Bertz CT molecular complexity index is 1140. The average molecular weight is 498 g/mol. The first-order chi connectivity index (χ1) is 16.1. The minimum Gasteiger partial charge on any atom is -0.452 e. The fraction of sp³-hybridized carbons (Fsp3) is 0.273. The molecule has 1 N–H and O–H groups in total. The number of nitrogens with one attached hydrogen (secondary N) is 1. The summed E-state index contributed by atoms with van der Waals surface area (Å²) in [5.74, 6) is -1.55. The van der Waals surface area contributed by atoms with E-state index in [0.717, 1.165) is 30.3 Å². The van der Waals surface area contributed by atoms with Crippen molar-refractivity contribution in [3.8, 4) is 0 Å². The summed E-state index contributed by atoms with van der Waals surface area (Å²) in [6.07, 6.45) is -2.03. The van der Waals surface area contributed by atoms with Gasteiger partial charge in [0.15, 0.2) is 6.61 Å². The van der Waals surface area contributed by atoms with Crippen LogP contribution < -0.4 is 5.32 Å². The monoisotopic (exact) mass is 498 g/mol. The molecule has 0 unspecified atom stereocenters. The first kappa shape index (κ1) is 25.4. The van der Waals surface area contributed by atoms with E-state index in [-0.39, 0.29) is 23.7 Å². The van der Waals surface area contributed by atoms with E-state index in [9.17, 15) is 31.2 Å². The largest absolute Gasteiger partial charge is 0.452 e. The number of morpholine rings is 1. The van der Waals surface area contributed by atoms with Crippen molar-refractivity contribution >= 4 is 33.7 Å². The molecule has 1 heterocycles. The third kappa shape index (κ3) is 6.89. The van der Waals surface area contributed by atoms with Crippen molar-refractivity contribution in [2.75, 3.05) is 38.2 Å². The summed E-state index contributed by atoms with van der Waals surface area (Å²) >= 11 is 0. The van der Waals surface area contributed by atoms with E-state index in [0.29, 0.717) is 18.8 Å². The summed E-state index contributed by atoms with van der Waals surface area (Å²) in [6.45, 7) is 0.598. The van der Waals surface area contributed by atoms with Crippen molar-refractivity contribution in [3.63, 3.8) is 0 Å². The van der Waals surface area contributed by atoms with E-state index in [2.05, 4.69) is 5.32 Å². The number of alkyl halides is 3. The molecule has 1 aliphatic heterocycles. The maximum Gasteiger partial charge on any atom is 0.416 e. The van der Waals surface area contributed by atoms with Crippen molar-refractivity contribution < 1.29 is 40.7 Å². The summed E-state index contributed by atoms with van der Waals surface area (Å²) in [6, 6.07) is 9.71. The lowest BCUT2D eigenvalue weighted by Crippen LogP contribution is -2.40. The van der Waals surface area contributed by atoms with E-state index in [1.807, 2.05) is 0 Å². The quantitative estimate of drug-likeness (QED) is 0.465. The van der Waals surface area contributed by atoms with Gasteiger partial charge in [0.05, 0.1) is 23.7 Å². The average Bonchev–Trinajstić information content (AvgIpc) is 2.82. The maximum absolute atomic E-state index is 12.6. The predicted molar refractivity (Wildman–Crippen MR) is 116 cm³/mol. The number of carbonyl (C=O) groups excluding carboxylic acids is 2. The molecule has 0 bridgehead atoms. The summed E-state index contributed by atoms with van der Waals surface area (Å²) in [4.78, 5) is 23.8. The number of rotatable bonds is 7. The van der Waals surface area contributed by atoms with Gasteiger partial charge in [-0.25, -0.2) is 13.2 Å². The second kappa shape index (κ2) is 10.8. The fourth-order valence-corrected chi connectivity index (χ4v) is 4.38. The Balaban J connectivity index is 1.48. The van der Waals surface area contributed by atoms with Gasteiger partial charge in [-0.05, 0) is 48.0 Å². The Hall–Kier alpha value is -3.22. The number of nitrogens with zero attached hydrogens (tertiary/aromatic N) is 1. The number of esters is 1. The molecule has 1 saturated heterocycles. The van der Waals surface area contributed by atoms with Crippen molar-refractivity contribution in [1.82, 2.24) is 4.31 Å². The van der Waals surface area contributed by atoms with Gasteiger partial charge < -0.3 is 14.8 Å². The van der Waals surface area contributed by atoms with Gasteiger partial charge in [-0.2, -0.15) is 17.5 Å². The van der Waals surface area contributed by atoms with Crippen LogP contribution in [0.3, 0.4) is 0 Å². The lowest BCUT2D eigenvalue weighted by molar-refractivity contribution is -0.142. The normalized spacial score (nSPS) is 15.3. The maximum atomic E-state index is 12.6. The molecule has 34 heavy (non-hydrogen) atoms. The zero-order valence-corrected chi connectivity index (χ0v) is 18.6. The Morgan fingerprint density at radius 2 is 1.65 bits per heavy atom. The van der Waals surface area contributed by atoms with Gasteiger partial charge in [0.25, 0.3) is 5.91 Å². The highest BCUT2D eigenvalue weighted by Crippen LogP contribution is 2.29. The van der Waals surface area contributed by atoms with Crippen molar-refractivity contribution in [2.45, 2.75) is 11.1 Å². The number of ether oxygens (including phenoxy) is 2. The highest BCUT2D eigenvalue weighted by molar-refractivity contribution is 7.89. The molecular formula is C22H21F3N2O6S. The number of amides is 1. The van der Waals surface area contributed by atoms with Crippen LogP contribution in [-0.4, -0.2) is 57.5 Å². The number of hydrogen-bond donors (Lipinski definition) is 1. The molecule has 1 amide bonds. The van der Waals surface area contributed by atoms with E-state index in [1.165, 1.54) is 34.6 Å². The van der Waals surface area contributed by atoms with E-state index in [4.69, 9.17) is 9.47 Å². The second-order valence-corrected chi connectivity index (χ2v) is 9.09. The molecule has 0 spiro atoms. The SMILES string of the molecule is O=C(COC(=O)/C=C/c1ccc(S(=O)(=O)N2CCOCC2)cc1)Nc1ccc(C(F)(F)F)cc1. The summed E-state index contributed by atoms with van der Waals surface area (Å²) < 4.78 is 74.2. The molecule has 8 nitrogen and oxygen atoms in total. The molecule has 2 aromatic rings. The molecule has 0 aliphatic carbocycles. The van der Waals surface area contributed by atoms with E-state index < -0.39 is 40.2 Å². The predicted octanol–water partition coefficient (Wildman–Crippen LogP) is 2.92. The minimum absolute atomic E-state index is 0.120. The number of hydrogen-bond acceptors (Lipinski definition) is 6. The van der Waals surface area contributed by atoms with Crippen LogP contribution in [0.4, 0.5) is 18.9 Å². The van der Waals surface area contributed by atoms with Crippen LogP contribution in [0.5, 0.6) is 0 Å². The zero-order valence-electron chi connectivity index (χ0n) is 17.7. The Morgan fingerprint density at radius 3 is 2.24 bits per heavy atom. The zero-order chi connectivity index (χ0) is 24.8. The molecule has 0 atom stereocenters. The fourth-order valence-electron chi connectivity index (χ4n) is 2.98. The minimum atomic E-state index is -4.48. The smallest absolute Gasteiger partial charge is 0.416 e. The van der Waals surface area contributed by atoms with Crippen LogP contribution in [0.25, 0.3) is 6.08 Å². The Kier molecular flexibility index (Phi) is 8.07. The van der Waals surface area contributed by atoms with Gasteiger partial charge in [0.1, 0.15) is 0 Å². The summed E-state index contributed by atoms with van der Waals surface area (Å²) in [5.41, 5.74) is -0.197. The second-order valence-electron chi connectivity index (χ2n) is 7.15. The number of benzene rings is 2. The summed E-state index contributed by atoms with van der Waals surface area (Å²) in [5, 5.41) is 2.32. The standard InChI is InChI=1S/C22H21F3N2O6S/c23-22(24,25)17-4-6-18(7-5-17)26-20(28)15-33-21(29)10-3-16-1-8-19(9-2-16)34(30,31)27-11-13-32-14-12-27/h1-10H,11-15H2,(H,26,28)/b10-3+. The highest BCUT2D eigenvalue weighted by Gasteiger charge is 2.30. The van der Waals surface area contributed by atoms with Crippen LogP contribution in [-0.2, 0) is 35.3 Å². The van der Waals surface area contributed by atoms with Gasteiger partial charge in [-0.3, -0.25) is 4.79 Å². The van der Waals surface area contributed by atoms with Gasteiger partial charge in [-0.15, -0.1) is 0 Å². The van der Waals surface area contributed by atoms with Crippen molar-refractivity contribution in [2.24, 2.45) is 0 Å². The third-order valence-corrected chi connectivity index (χ3v) is 6.65.